The number of anilines is 1. The number of hydrogen-bond acceptors (Lipinski definition) is 4. The molecule has 1 unspecified atom stereocenters. The summed E-state index contributed by atoms with van der Waals surface area (Å²) in [5, 5.41) is 3.10. The van der Waals surface area contributed by atoms with Gasteiger partial charge in [0.15, 0.2) is 0 Å². The lowest BCUT2D eigenvalue weighted by molar-refractivity contribution is 0.552. The van der Waals surface area contributed by atoms with Crippen molar-refractivity contribution in [2.45, 2.75) is 36.3 Å². The molecule has 6 heteroatoms. The first kappa shape index (κ1) is 15.7. The van der Waals surface area contributed by atoms with Gasteiger partial charge in [0.05, 0.1) is 5.69 Å². The summed E-state index contributed by atoms with van der Waals surface area (Å²) in [6.45, 7) is 5.26. The molecular weight excluding hydrogens is 292 g/mol. The van der Waals surface area contributed by atoms with Crippen LogP contribution in [-0.2, 0) is 10.0 Å². The minimum absolute atomic E-state index is 0.0280. The quantitative estimate of drug-likeness (QED) is 0.847. The molecule has 1 heterocycles. The van der Waals surface area contributed by atoms with Gasteiger partial charge in [-0.3, -0.25) is 0 Å². The third-order valence-electron chi connectivity index (χ3n) is 3.48. The molecule has 0 aromatic heterocycles. The van der Waals surface area contributed by atoms with Crippen LogP contribution < -0.4 is 10.0 Å². The fraction of sp³-hybridized carbons (Fsp3) is 0.571. The van der Waals surface area contributed by atoms with Gasteiger partial charge in [-0.1, -0.05) is 12.1 Å². The first-order chi connectivity index (χ1) is 9.47. The van der Waals surface area contributed by atoms with Gasteiger partial charge >= 0.3 is 0 Å². The average molecular weight is 314 g/mol. The summed E-state index contributed by atoms with van der Waals surface area (Å²) >= 11 is 1.85. The SMILES string of the molecule is CCNc1ccccc1S(=O)(=O)NCC1(C)CCCS1. The molecule has 1 aromatic rings. The summed E-state index contributed by atoms with van der Waals surface area (Å²) < 4.78 is 27.7. The average Bonchev–Trinajstić information content (AvgIpc) is 2.85. The Morgan fingerprint density at radius 1 is 1.35 bits per heavy atom. The summed E-state index contributed by atoms with van der Waals surface area (Å²) in [5.74, 6) is 1.12. The molecule has 0 amide bonds. The van der Waals surface area contributed by atoms with E-state index in [0.717, 1.165) is 18.6 Å². The summed E-state index contributed by atoms with van der Waals surface area (Å²) in [6, 6.07) is 7.03. The van der Waals surface area contributed by atoms with Crippen LogP contribution in [-0.4, -0.2) is 32.0 Å². The van der Waals surface area contributed by atoms with Gasteiger partial charge < -0.3 is 5.32 Å². The normalized spacial score (nSPS) is 22.9. The maximum Gasteiger partial charge on any atom is 0.242 e. The first-order valence-corrected chi connectivity index (χ1v) is 9.40. The molecule has 112 valence electrons. The van der Waals surface area contributed by atoms with E-state index >= 15 is 0 Å². The summed E-state index contributed by atoms with van der Waals surface area (Å²) in [4.78, 5) is 0.327. The number of benzene rings is 1. The highest BCUT2D eigenvalue weighted by molar-refractivity contribution is 8.01. The summed E-state index contributed by atoms with van der Waals surface area (Å²) in [7, 11) is -3.46. The largest absolute Gasteiger partial charge is 0.384 e. The third-order valence-corrected chi connectivity index (χ3v) is 6.48. The molecule has 1 atom stereocenters. The molecule has 2 N–H and O–H groups in total. The molecule has 0 radical (unpaired) electrons. The molecule has 0 spiro atoms. The first-order valence-electron chi connectivity index (χ1n) is 6.93. The highest BCUT2D eigenvalue weighted by Crippen LogP contribution is 2.37. The van der Waals surface area contributed by atoms with Gasteiger partial charge in [-0.05, 0) is 44.6 Å². The fourth-order valence-corrected chi connectivity index (χ4v) is 5.03. The van der Waals surface area contributed by atoms with Crippen LogP contribution in [0.5, 0.6) is 0 Å². The van der Waals surface area contributed by atoms with Crippen LogP contribution in [0.2, 0.25) is 0 Å². The van der Waals surface area contributed by atoms with Gasteiger partial charge in [-0.15, -0.1) is 0 Å². The number of hydrogen-bond donors (Lipinski definition) is 2. The standard InChI is InChI=1S/C14H22N2O2S2/c1-3-15-12-7-4-5-8-13(12)20(17,18)16-11-14(2)9-6-10-19-14/h4-5,7-8,15-16H,3,6,9-11H2,1-2H3. The second kappa shape index (κ2) is 6.37. The maximum absolute atomic E-state index is 12.5. The van der Waals surface area contributed by atoms with E-state index in [1.54, 1.807) is 18.2 Å². The van der Waals surface area contributed by atoms with Crippen molar-refractivity contribution in [1.82, 2.24) is 4.72 Å². The van der Waals surface area contributed by atoms with Crippen molar-refractivity contribution in [2.24, 2.45) is 0 Å². The van der Waals surface area contributed by atoms with Crippen molar-refractivity contribution in [3.05, 3.63) is 24.3 Å². The highest BCUT2D eigenvalue weighted by Gasteiger charge is 2.31. The second-order valence-corrected chi connectivity index (χ2v) is 8.67. The van der Waals surface area contributed by atoms with E-state index in [-0.39, 0.29) is 4.75 Å². The number of thioether (sulfide) groups is 1. The summed E-state index contributed by atoms with van der Waals surface area (Å²) in [6.07, 6.45) is 2.23. The monoisotopic (exact) mass is 314 g/mol. The Hall–Kier alpha value is -0.720. The van der Waals surface area contributed by atoms with E-state index in [9.17, 15) is 8.42 Å². The van der Waals surface area contributed by atoms with E-state index in [4.69, 9.17) is 0 Å². The zero-order chi connectivity index (χ0) is 14.6. The molecule has 1 aromatic carbocycles. The van der Waals surface area contributed by atoms with Crippen LogP contribution in [0.15, 0.2) is 29.2 Å². The van der Waals surface area contributed by atoms with Crippen molar-refractivity contribution < 1.29 is 8.42 Å². The van der Waals surface area contributed by atoms with Crippen LogP contribution in [0.1, 0.15) is 26.7 Å². The van der Waals surface area contributed by atoms with Crippen molar-refractivity contribution in [3.8, 4) is 0 Å². The predicted molar refractivity (Wildman–Crippen MR) is 85.9 cm³/mol. The molecule has 1 aliphatic heterocycles. The van der Waals surface area contributed by atoms with Crippen LogP contribution >= 0.6 is 11.8 Å². The zero-order valence-electron chi connectivity index (χ0n) is 12.0. The molecule has 20 heavy (non-hydrogen) atoms. The molecule has 0 saturated carbocycles. The van der Waals surface area contributed by atoms with Crippen LogP contribution in [0.25, 0.3) is 0 Å². The van der Waals surface area contributed by atoms with E-state index in [0.29, 0.717) is 23.7 Å². The summed E-state index contributed by atoms with van der Waals surface area (Å²) in [5.41, 5.74) is 0.659. The van der Waals surface area contributed by atoms with Crippen LogP contribution in [0.3, 0.4) is 0 Å². The second-order valence-electron chi connectivity index (χ2n) is 5.25. The van der Waals surface area contributed by atoms with Crippen molar-refractivity contribution in [3.63, 3.8) is 0 Å². The minimum Gasteiger partial charge on any atom is -0.384 e. The number of rotatable bonds is 6. The van der Waals surface area contributed by atoms with E-state index in [1.807, 2.05) is 24.8 Å². The molecule has 0 bridgehead atoms. The highest BCUT2D eigenvalue weighted by atomic mass is 32.2. The Balaban J connectivity index is 2.14. The van der Waals surface area contributed by atoms with Gasteiger partial charge in [-0.2, -0.15) is 11.8 Å². The number of nitrogens with one attached hydrogen (secondary N) is 2. The Bertz CT molecular complexity index is 552. The number of sulfonamides is 1. The Kier molecular flexibility index (Phi) is 4.99. The lowest BCUT2D eigenvalue weighted by atomic mass is 10.1. The molecule has 1 saturated heterocycles. The molecule has 0 aliphatic carbocycles. The molecule has 1 aliphatic rings. The molecule has 2 rings (SSSR count). The Morgan fingerprint density at radius 2 is 2.10 bits per heavy atom. The van der Waals surface area contributed by atoms with E-state index in [2.05, 4.69) is 17.0 Å². The van der Waals surface area contributed by atoms with E-state index < -0.39 is 10.0 Å². The minimum atomic E-state index is -3.46. The lowest BCUT2D eigenvalue weighted by Gasteiger charge is -2.23. The maximum atomic E-state index is 12.5. The van der Waals surface area contributed by atoms with Crippen molar-refractivity contribution in [2.75, 3.05) is 24.2 Å². The molecular formula is C14H22N2O2S2. The Labute approximate surface area is 125 Å². The lowest BCUT2D eigenvalue weighted by Crippen LogP contribution is -2.37. The van der Waals surface area contributed by atoms with Crippen LogP contribution in [0, 0.1) is 0 Å². The predicted octanol–water partition coefficient (Wildman–Crippen LogP) is 2.68. The third kappa shape index (κ3) is 3.68. The smallest absolute Gasteiger partial charge is 0.242 e. The van der Waals surface area contributed by atoms with Gasteiger partial charge in [0, 0.05) is 17.8 Å². The van der Waals surface area contributed by atoms with Gasteiger partial charge in [0.1, 0.15) is 4.90 Å². The molecule has 4 nitrogen and oxygen atoms in total. The zero-order valence-corrected chi connectivity index (χ0v) is 13.6. The van der Waals surface area contributed by atoms with E-state index in [1.165, 1.54) is 0 Å². The fourth-order valence-electron chi connectivity index (χ4n) is 2.34. The van der Waals surface area contributed by atoms with Crippen molar-refractivity contribution >= 4 is 27.5 Å². The Morgan fingerprint density at radius 3 is 2.75 bits per heavy atom. The molecule has 1 fully saturated rings. The van der Waals surface area contributed by atoms with Gasteiger partial charge in [-0.25, -0.2) is 13.1 Å². The van der Waals surface area contributed by atoms with Crippen LogP contribution in [0.4, 0.5) is 5.69 Å². The topological polar surface area (TPSA) is 58.2 Å². The van der Waals surface area contributed by atoms with Gasteiger partial charge in [0.25, 0.3) is 0 Å². The van der Waals surface area contributed by atoms with Gasteiger partial charge in [0.2, 0.25) is 10.0 Å². The number of para-hydroxylation sites is 1. The van der Waals surface area contributed by atoms with Crippen molar-refractivity contribution in [1.29, 1.82) is 0 Å².